The van der Waals surface area contributed by atoms with Crippen LogP contribution in [0, 0.1) is 0 Å². The van der Waals surface area contributed by atoms with Crippen LogP contribution in [0.25, 0.3) is 22.0 Å². The van der Waals surface area contributed by atoms with E-state index in [-0.39, 0.29) is 12.3 Å². The van der Waals surface area contributed by atoms with E-state index in [0.717, 1.165) is 5.39 Å². The molecule has 3 rings (SSSR count). The van der Waals surface area contributed by atoms with Gasteiger partial charge in [-0.15, -0.1) is 0 Å². The highest BCUT2D eigenvalue weighted by Gasteiger charge is 2.14. The topological polar surface area (TPSA) is 76.2 Å². The summed E-state index contributed by atoms with van der Waals surface area (Å²) < 4.78 is 5.43. The minimum atomic E-state index is -0.995. The highest BCUT2D eigenvalue weighted by atomic mass is 35.5. The van der Waals surface area contributed by atoms with Crippen LogP contribution in [0.1, 0.15) is 5.89 Å². The summed E-state index contributed by atoms with van der Waals surface area (Å²) in [6.07, 6.45) is 1.36. The highest BCUT2D eigenvalue weighted by molar-refractivity contribution is 6.36. The van der Waals surface area contributed by atoms with E-state index in [1.54, 1.807) is 18.3 Å². The van der Waals surface area contributed by atoms with Crippen molar-refractivity contribution in [3.63, 3.8) is 0 Å². The molecule has 0 atom stereocenters. The Hall–Kier alpha value is -2.14. The minimum absolute atomic E-state index is 0.145. The number of carboxylic acids is 1. The van der Waals surface area contributed by atoms with Crippen molar-refractivity contribution < 1.29 is 14.3 Å². The van der Waals surface area contributed by atoms with E-state index in [9.17, 15) is 4.79 Å². The van der Waals surface area contributed by atoms with Crippen molar-refractivity contribution >= 4 is 39.6 Å². The summed E-state index contributed by atoms with van der Waals surface area (Å²) in [5, 5.41) is 9.99. The molecule has 0 saturated heterocycles. The standard InChI is InChI=1S/C12H7ClN2O3/c13-7-4-8-12(11-6(7)2-1-3-14-11)18-9(15-8)5-10(16)17/h1-4H,5H2,(H,16,17). The third-order valence-corrected chi connectivity index (χ3v) is 2.86. The molecule has 90 valence electrons. The Labute approximate surface area is 106 Å². The number of fused-ring (bicyclic) bond motifs is 3. The molecule has 0 fully saturated rings. The van der Waals surface area contributed by atoms with E-state index < -0.39 is 5.97 Å². The van der Waals surface area contributed by atoms with Crippen LogP contribution in [0.3, 0.4) is 0 Å². The van der Waals surface area contributed by atoms with Crippen LogP contribution >= 0.6 is 11.6 Å². The van der Waals surface area contributed by atoms with Gasteiger partial charge in [-0.25, -0.2) is 4.98 Å². The third-order valence-electron chi connectivity index (χ3n) is 2.54. The fourth-order valence-electron chi connectivity index (χ4n) is 1.83. The lowest BCUT2D eigenvalue weighted by Crippen LogP contribution is -1.99. The first-order valence-electron chi connectivity index (χ1n) is 5.19. The maximum atomic E-state index is 10.6. The number of aromatic nitrogens is 2. The molecule has 3 aromatic rings. The Morgan fingerprint density at radius 2 is 2.33 bits per heavy atom. The second-order valence-electron chi connectivity index (χ2n) is 3.78. The lowest BCUT2D eigenvalue weighted by atomic mass is 10.2. The zero-order valence-electron chi connectivity index (χ0n) is 9.05. The first-order chi connectivity index (χ1) is 8.65. The van der Waals surface area contributed by atoms with E-state index in [0.29, 0.717) is 21.6 Å². The van der Waals surface area contributed by atoms with Gasteiger partial charge < -0.3 is 9.52 Å². The average Bonchev–Trinajstić information content (AvgIpc) is 2.71. The van der Waals surface area contributed by atoms with Gasteiger partial charge in [0.15, 0.2) is 5.58 Å². The zero-order chi connectivity index (χ0) is 12.7. The summed E-state index contributed by atoms with van der Waals surface area (Å²) in [6, 6.07) is 5.24. The number of carbonyl (C=O) groups is 1. The fourth-order valence-corrected chi connectivity index (χ4v) is 2.08. The number of pyridine rings is 1. The number of oxazole rings is 1. The van der Waals surface area contributed by atoms with Crippen LogP contribution in [-0.4, -0.2) is 21.0 Å². The van der Waals surface area contributed by atoms with Crippen LogP contribution in [0.2, 0.25) is 5.02 Å². The summed E-state index contributed by atoms with van der Waals surface area (Å²) in [4.78, 5) is 18.9. The number of halogens is 1. The molecule has 1 N–H and O–H groups in total. The smallest absolute Gasteiger partial charge is 0.312 e. The molecule has 0 saturated carbocycles. The van der Waals surface area contributed by atoms with Gasteiger partial charge in [0.05, 0.1) is 5.02 Å². The summed E-state index contributed by atoms with van der Waals surface area (Å²) in [6.45, 7) is 0. The molecule has 1 aromatic carbocycles. The molecule has 2 aromatic heterocycles. The number of rotatable bonds is 2. The quantitative estimate of drug-likeness (QED) is 0.768. The molecule has 0 bridgehead atoms. The molecule has 6 heteroatoms. The highest BCUT2D eigenvalue weighted by Crippen LogP contribution is 2.30. The maximum Gasteiger partial charge on any atom is 0.312 e. The monoisotopic (exact) mass is 262 g/mol. The second-order valence-corrected chi connectivity index (χ2v) is 4.19. The van der Waals surface area contributed by atoms with Crippen LogP contribution in [0.4, 0.5) is 0 Å². The molecular weight excluding hydrogens is 256 g/mol. The van der Waals surface area contributed by atoms with Crippen molar-refractivity contribution in [2.75, 3.05) is 0 Å². The molecule has 0 aliphatic heterocycles. The van der Waals surface area contributed by atoms with Gasteiger partial charge in [0, 0.05) is 11.6 Å². The number of carboxylic acid groups (broad SMARTS) is 1. The van der Waals surface area contributed by atoms with Crippen molar-refractivity contribution in [2.24, 2.45) is 0 Å². The molecule has 0 aliphatic carbocycles. The maximum absolute atomic E-state index is 10.6. The largest absolute Gasteiger partial charge is 0.481 e. The van der Waals surface area contributed by atoms with Crippen LogP contribution in [0.15, 0.2) is 28.8 Å². The van der Waals surface area contributed by atoms with Gasteiger partial charge in [0.2, 0.25) is 5.89 Å². The summed E-state index contributed by atoms with van der Waals surface area (Å²) in [5.41, 5.74) is 1.57. The van der Waals surface area contributed by atoms with E-state index >= 15 is 0 Å². The number of hydrogen-bond acceptors (Lipinski definition) is 4. The Bertz CT molecular complexity index is 766. The number of nitrogens with zero attached hydrogens (tertiary/aromatic N) is 2. The number of benzene rings is 1. The predicted octanol–water partition coefficient (Wildman–Crippen LogP) is 2.66. The molecule has 0 amide bonds. The molecule has 18 heavy (non-hydrogen) atoms. The van der Waals surface area contributed by atoms with Crippen molar-refractivity contribution in [2.45, 2.75) is 6.42 Å². The van der Waals surface area contributed by atoms with Crippen molar-refractivity contribution in [1.29, 1.82) is 0 Å². The second kappa shape index (κ2) is 3.96. The summed E-state index contributed by atoms with van der Waals surface area (Å²) in [5.74, 6) is -0.850. The Balaban J connectivity index is 2.33. The summed E-state index contributed by atoms with van der Waals surface area (Å²) in [7, 11) is 0. The average molecular weight is 263 g/mol. The van der Waals surface area contributed by atoms with Crippen LogP contribution in [0.5, 0.6) is 0 Å². The summed E-state index contributed by atoms with van der Waals surface area (Å²) >= 11 is 6.11. The molecule has 0 aliphatic rings. The minimum Gasteiger partial charge on any atom is -0.481 e. The Morgan fingerprint density at radius 3 is 3.11 bits per heavy atom. The molecule has 2 heterocycles. The number of aliphatic carboxylic acids is 1. The Morgan fingerprint density at radius 1 is 1.50 bits per heavy atom. The molecule has 0 unspecified atom stereocenters. The van der Waals surface area contributed by atoms with E-state index in [4.69, 9.17) is 21.1 Å². The molecule has 0 radical (unpaired) electrons. The van der Waals surface area contributed by atoms with E-state index in [2.05, 4.69) is 9.97 Å². The lowest BCUT2D eigenvalue weighted by molar-refractivity contribution is -0.136. The molecular formula is C12H7ClN2O3. The van der Waals surface area contributed by atoms with Gasteiger partial charge in [-0.3, -0.25) is 9.78 Å². The number of hydrogen-bond donors (Lipinski definition) is 1. The van der Waals surface area contributed by atoms with Gasteiger partial charge in [-0.1, -0.05) is 11.6 Å². The predicted molar refractivity (Wildman–Crippen MR) is 65.7 cm³/mol. The SMILES string of the molecule is O=C(O)Cc1nc2cc(Cl)c3cccnc3c2o1. The van der Waals surface area contributed by atoms with Gasteiger partial charge >= 0.3 is 5.97 Å². The van der Waals surface area contributed by atoms with Crippen molar-refractivity contribution in [1.82, 2.24) is 9.97 Å². The first kappa shape index (κ1) is 11.0. The van der Waals surface area contributed by atoms with Crippen LogP contribution < -0.4 is 0 Å². The first-order valence-corrected chi connectivity index (χ1v) is 5.57. The third kappa shape index (κ3) is 1.69. The molecule has 0 spiro atoms. The van der Waals surface area contributed by atoms with Crippen molar-refractivity contribution in [3.8, 4) is 0 Å². The van der Waals surface area contributed by atoms with Gasteiger partial charge in [0.1, 0.15) is 17.5 Å². The normalized spacial score (nSPS) is 11.2. The van der Waals surface area contributed by atoms with Gasteiger partial charge in [-0.05, 0) is 18.2 Å². The van der Waals surface area contributed by atoms with Gasteiger partial charge in [0.25, 0.3) is 0 Å². The van der Waals surface area contributed by atoms with Crippen LogP contribution in [-0.2, 0) is 11.2 Å². The van der Waals surface area contributed by atoms with Gasteiger partial charge in [-0.2, -0.15) is 0 Å². The fraction of sp³-hybridized carbons (Fsp3) is 0.0833. The lowest BCUT2D eigenvalue weighted by Gasteiger charge is -1.98. The van der Waals surface area contributed by atoms with E-state index in [1.165, 1.54) is 0 Å². The zero-order valence-corrected chi connectivity index (χ0v) is 9.81. The van der Waals surface area contributed by atoms with Crippen molar-refractivity contribution in [3.05, 3.63) is 35.3 Å². The van der Waals surface area contributed by atoms with E-state index in [1.807, 2.05) is 6.07 Å². The molecule has 5 nitrogen and oxygen atoms in total. The Kier molecular flexibility index (Phi) is 2.41.